The Morgan fingerprint density at radius 2 is 1.66 bits per heavy atom. The van der Waals surface area contributed by atoms with Crippen LogP contribution < -0.4 is 39.8 Å². The van der Waals surface area contributed by atoms with Crippen molar-refractivity contribution < 1.29 is 28.5 Å². The summed E-state index contributed by atoms with van der Waals surface area (Å²) in [5.74, 6) is 1.19. The zero-order valence-corrected chi connectivity index (χ0v) is 18.6. The zero-order chi connectivity index (χ0) is 19.7. The van der Waals surface area contributed by atoms with Crippen LogP contribution in [0, 0.1) is 0 Å². The van der Waals surface area contributed by atoms with Crippen molar-refractivity contribution in [3.63, 3.8) is 0 Å². The lowest BCUT2D eigenvalue weighted by Gasteiger charge is -2.14. The first-order valence-electron chi connectivity index (χ1n) is 9.38. The summed E-state index contributed by atoms with van der Waals surface area (Å²) >= 11 is 0. The van der Waals surface area contributed by atoms with Crippen molar-refractivity contribution in [1.29, 1.82) is 0 Å². The van der Waals surface area contributed by atoms with Gasteiger partial charge < -0.3 is 24.0 Å². The molecule has 29 heavy (non-hydrogen) atoms. The molecule has 0 bridgehead atoms. The molecule has 0 spiro atoms. The molecule has 0 fully saturated rings. The van der Waals surface area contributed by atoms with Gasteiger partial charge in [-0.25, -0.2) is 18.5 Å². The van der Waals surface area contributed by atoms with Gasteiger partial charge in [-0.3, -0.25) is 9.36 Å². The molecule has 0 aliphatic rings. The highest BCUT2D eigenvalue weighted by atomic mass is 127. The molecule has 0 atom stereocenters. The van der Waals surface area contributed by atoms with Crippen LogP contribution in [0.3, 0.4) is 0 Å². The monoisotopic (exact) mass is 502 g/mol. The Bertz CT molecular complexity index is 1240. The Balaban J connectivity index is 0.00000240. The summed E-state index contributed by atoms with van der Waals surface area (Å²) in [6.45, 7) is 0.539. The van der Waals surface area contributed by atoms with Gasteiger partial charge in [0.05, 0.1) is 37.1 Å². The molecule has 0 N–H and O–H groups in total. The topological polar surface area (TPSA) is 52.8 Å². The minimum absolute atomic E-state index is 0. The van der Waals surface area contributed by atoms with Gasteiger partial charge in [0.25, 0.3) is 11.4 Å². The molecule has 7 heteroatoms. The minimum Gasteiger partial charge on any atom is -1.00 e. The van der Waals surface area contributed by atoms with E-state index >= 15 is 0 Å². The van der Waals surface area contributed by atoms with E-state index in [0.29, 0.717) is 23.1 Å². The molecule has 0 amide bonds. The molecule has 0 radical (unpaired) electrons. The van der Waals surface area contributed by atoms with Crippen molar-refractivity contribution in [2.24, 2.45) is 14.1 Å². The van der Waals surface area contributed by atoms with E-state index < -0.39 is 0 Å². The molecule has 0 aliphatic heterocycles. The van der Waals surface area contributed by atoms with Crippen LogP contribution in [0.15, 0.2) is 76.6 Å². The first-order valence-corrected chi connectivity index (χ1v) is 9.38. The fourth-order valence-corrected chi connectivity index (χ4v) is 3.71. The maximum atomic E-state index is 13.2. The Labute approximate surface area is 185 Å². The summed E-state index contributed by atoms with van der Waals surface area (Å²) in [4.78, 5) is 26.2. The largest absolute Gasteiger partial charge is 1.00 e. The highest BCUT2D eigenvalue weighted by Crippen LogP contribution is 2.11. The van der Waals surface area contributed by atoms with E-state index in [0.717, 1.165) is 12.8 Å². The molecule has 0 unspecified atom stereocenters. The number of benzene rings is 2. The maximum Gasteiger partial charge on any atom is 0.336 e. The molecule has 0 aliphatic carbocycles. The Hall–Kier alpha value is -2.68. The van der Waals surface area contributed by atoms with Crippen LogP contribution in [0.2, 0.25) is 0 Å². The number of fused-ring (bicyclic) bond motifs is 1. The standard InChI is InChI=1S/C22H23N4O2.HI/c1-23-15-16-24(2)20(23)13-8-14-25-19-12-7-6-11-18(19)21(27)26(22(25)28)17-9-4-3-5-10-17;/h3-7,9-12,15-16H,8,13-14H2,1-2H3;1H/q+1;/p-1. The van der Waals surface area contributed by atoms with Gasteiger partial charge in [0.15, 0.2) is 0 Å². The number of hydrogen-bond donors (Lipinski definition) is 0. The third-order valence-electron chi connectivity index (χ3n) is 5.18. The molecule has 2 aromatic heterocycles. The number of hydrogen-bond acceptors (Lipinski definition) is 2. The van der Waals surface area contributed by atoms with Gasteiger partial charge in [-0.15, -0.1) is 0 Å². The van der Waals surface area contributed by atoms with Crippen molar-refractivity contribution >= 4 is 10.9 Å². The van der Waals surface area contributed by atoms with Crippen LogP contribution >= 0.6 is 0 Å². The fraction of sp³-hybridized carbons (Fsp3) is 0.227. The highest BCUT2D eigenvalue weighted by molar-refractivity contribution is 5.78. The first-order chi connectivity index (χ1) is 13.6. The molecule has 6 nitrogen and oxygen atoms in total. The molecule has 0 saturated heterocycles. The van der Waals surface area contributed by atoms with Crippen molar-refractivity contribution in [1.82, 2.24) is 13.7 Å². The van der Waals surface area contributed by atoms with Crippen LogP contribution in [0.25, 0.3) is 16.6 Å². The minimum atomic E-state index is -0.300. The molecule has 150 valence electrons. The summed E-state index contributed by atoms with van der Waals surface area (Å²) in [6, 6.07) is 16.4. The number of para-hydroxylation sites is 2. The quantitative estimate of drug-likeness (QED) is 0.259. The van der Waals surface area contributed by atoms with Gasteiger partial charge in [-0.1, -0.05) is 30.3 Å². The third-order valence-corrected chi connectivity index (χ3v) is 5.18. The number of aromatic nitrogens is 4. The third kappa shape index (κ3) is 3.91. The number of aryl methyl sites for hydroxylation is 3. The summed E-state index contributed by atoms with van der Waals surface area (Å²) in [5, 5.41) is 0.551. The van der Waals surface area contributed by atoms with E-state index in [9.17, 15) is 9.59 Å². The average molecular weight is 502 g/mol. The van der Waals surface area contributed by atoms with Gasteiger partial charge in [-0.2, -0.15) is 0 Å². The van der Waals surface area contributed by atoms with E-state index in [-0.39, 0.29) is 35.2 Å². The lowest BCUT2D eigenvalue weighted by atomic mass is 10.2. The number of nitrogens with zero attached hydrogens (tertiary/aromatic N) is 4. The van der Waals surface area contributed by atoms with E-state index in [4.69, 9.17) is 0 Å². The predicted octanol–water partition coefficient (Wildman–Crippen LogP) is -1.05. The molecule has 2 heterocycles. The summed E-state index contributed by atoms with van der Waals surface area (Å²) in [6.07, 6.45) is 5.67. The lowest BCUT2D eigenvalue weighted by Crippen LogP contribution is -3.00. The average Bonchev–Trinajstić information content (AvgIpc) is 3.03. The van der Waals surface area contributed by atoms with Crippen LogP contribution in [0.5, 0.6) is 0 Å². The van der Waals surface area contributed by atoms with Gasteiger partial charge in [0.1, 0.15) is 12.4 Å². The lowest BCUT2D eigenvalue weighted by molar-refractivity contribution is -0.678. The highest BCUT2D eigenvalue weighted by Gasteiger charge is 2.15. The second kappa shape index (κ2) is 8.77. The number of halogens is 1. The van der Waals surface area contributed by atoms with Gasteiger partial charge in [-0.05, 0) is 30.7 Å². The molecule has 4 rings (SSSR count). The Kier molecular flexibility index (Phi) is 6.36. The van der Waals surface area contributed by atoms with Crippen molar-refractivity contribution in [2.45, 2.75) is 19.4 Å². The van der Waals surface area contributed by atoms with E-state index in [1.54, 1.807) is 22.8 Å². The normalized spacial score (nSPS) is 10.8. The van der Waals surface area contributed by atoms with Crippen LogP contribution in [-0.4, -0.2) is 13.7 Å². The van der Waals surface area contributed by atoms with Gasteiger partial charge in [0.2, 0.25) is 0 Å². The summed E-state index contributed by atoms with van der Waals surface area (Å²) in [5.41, 5.74) is 0.690. The van der Waals surface area contributed by atoms with Crippen molar-refractivity contribution in [3.05, 3.63) is 93.7 Å². The van der Waals surface area contributed by atoms with Gasteiger partial charge in [0, 0.05) is 6.54 Å². The summed E-state index contributed by atoms with van der Waals surface area (Å²) < 4.78 is 7.16. The Morgan fingerprint density at radius 1 is 0.966 bits per heavy atom. The Morgan fingerprint density at radius 3 is 2.34 bits per heavy atom. The zero-order valence-electron chi connectivity index (χ0n) is 16.5. The van der Waals surface area contributed by atoms with E-state index in [1.165, 1.54) is 10.4 Å². The first kappa shape index (κ1) is 21.0. The van der Waals surface area contributed by atoms with Crippen molar-refractivity contribution in [3.8, 4) is 5.69 Å². The van der Waals surface area contributed by atoms with Crippen LogP contribution in [0.1, 0.15) is 12.2 Å². The maximum absolute atomic E-state index is 13.2. The van der Waals surface area contributed by atoms with Crippen molar-refractivity contribution in [2.75, 3.05) is 0 Å². The van der Waals surface area contributed by atoms with Crippen LogP contribution in [-0.2, 0) is 27.1 Å². The predicted molar refractivity (Wildman–Crippen MR) is 109 cm³/mol. The fourth-order valence-electron chi connectivity index (χ4n) is 3.71. The summed E-state index contributed by atoms with van der Waals surface area (Å²) in [7, 11) is 4.04. The van der Waals surface area contributed by atoms with Gasteiger partial charge >= 0.3 is 5.69 Å². The molecule has 2 aromatic carbocycles. The number of rotatable bonds is 5. The molecule has 4 aromatic rings. The smallest absolute Gasteiger partial charge is 0.336 e. The number of imidazole rings is 1. The van der Waals surface area contributed by atoms with E-state index in [2.05, 4.69) is 9.13 Å². The molecular weight excluding hydrogens is 479 g/mol. The second-order valence-electron chi connectivity index (χ2n) is 6.97. The van der Waals surface area contributed by atoms with Crippen LogP contribution in [0.4, 0.5) is 0 Å². The molecular formula is C22H23IN4O2. The molecule has 0 saturated carbocycles. The second-order valence-corrected chi connectivity index (χ2v) is 6.97. The van der Waals surface area contributed by atoms with E-state index in [1.807, 2.05) is 62.9 Å². The SMILES string of the molecule is Cn1cc[n+](C)c1CCCn1c(=O)n(-c2ccccc2)c(=O)c2ccccc21.[I-].